The lowest BCUT2D eigenvalue weighted by Crippen LogP contribution is -2.04. The minimum Gasteiger partial charge on any atom is -0.491 e. The number of carbonyl (C=O) groups is 1. The average molecular weight is 191 g/mol. The summed E-state index contributed by atoms with van der Waals surface area (Å²) >= 11 is 0. The molecule has 1 aromatic rings. The summed E-state index contributed by atoms with van der Waals surface area (Å²) in [5, 5.41) is 15.8. The number of aromatic nitrogens is 2. The molecule has 0 amide bonds. The largest absolute Gasteiger partial charge is 0.491 e. The van der Waals surface area contributed by atoms with Gasteiger partial charge >= 0.3 is 0 Å². The van der Waals surface area contributed by atoms with Crippen molar-refractivity contribution < 1.29 is 9.53 Å². The zero-order chi connectivity index (χ0) is 10.6. The van der Waals surface area contributed by atoms with Crippen molar-refractivity contribution in [3.8, 4) is 11.8 Å². The highest BCUT2D eigenvalue weighted by atomic mass is 16.5. The third-order valence-electron chi connectivity index (χ3n) is 1.53. The van der Waals surface area contributed by atoms with Crippen molar-refractivity contribution in [2.24, 2.45) is 0 Å². The fraction of sp³-hybridized carbons (Fsp3) is 0.333. The summed E-state index contributed by atoms with van der Waals surface area (Å²) < 4.78 is 5.14. The van der Waals surface area contributed by atoms with E-state index < -0.39 is 0 Å². The summed E-state index contributed by atoms with van der Waals surface area (Å²) in [7, 11) is 0. The normalized spacial score (nSPS) is 9.21. The highest BCUT2D eigenvalue weighted by molar-refractivity contribution is 5.92. The van der Waals surface area contributed by atoms with E-state index in [9.17, 15) is 4.79 Å². The molecule has 1 rings (SSSR count). The standard InChI is InChI=1S/C9H9N3O2/c1-3-14-9-4-7(6(2)13)11-12-8(9)5-10/h4H,3H2,1-2H3. The Labute approximate surface area is 81.3 Å². The maximum atomic E-state index is 11.0. The Balaban J connectivity index is 3.15. The second-order valence-corrected chi connectivity index (χ2v) is 2.54. The van der Waals surface area contributed by atoms with E-state index >= 15 is 0 Å². The maximum absolute atomic E-state index is 11.0. The van der Waals surface area contributed by atoms with Crippen molar-refractivity contribution >= 4 is 5.78 Å². The van der Waals surface area contributed by atoms with Crippen molar-refractivity contribution in [3.05, 3.63) is 17.5 Å². The van der Waals surface area contributed by atoms with Crippen LogP contribution in [0.15, 0.2) is 6.07 Å². The van der Waals surface area contributed by atoms with Crippen LogP contribution >= 0.6 is 0 Å². The van der Waals surface area contributed by atoms with Gasteiger partial charge in [-0.3, -0.25) is 4.79 Å². The van der Waals surface area contributed by atoms with Gasteiger partial charge in [0.15, 0.2) is 11.5 Å². The second kappa shape index (κ2) is 4.33. The summed E-state index contributed by atoms with van der Waals surface area (Å²) in [4.78, 5) is 11.0. The first-order valence-electron chi connectivity index (χ1n) is 4.10. The van der Waals surface area contributed by atoms with Gasteiger partial charge in [-0.05, 0) is 6.92 Å². The van der Waals surface area contributed by atoms with Crippen LogP contribution in [0.25, 0.3) is 0 Å². The quantitative estimate of drug-likeness (QED) is 0.665. The van der Waals surface area contributed by atoms with Gasteiger partial charge in [-0.2, -0.15) is 5.26 Å². The molecule has 0 bridgehead atoms. The van der Waals surface area contributed by atoms with Crippen LogP contribution in [0.4, 0.5) is 0 Å². The van der Waals surface area contributed by atoms with Crippen LogP contribution in [0.2, 0.25) is 0 Å². The van der Waals surface area contributed by atoms with E-state index in [0.717, 1.165) is 0 Å². The second-order valence-electron chi connectivity index (χ2n) is 2.54. The van der Waals surface area contributed by atoms with Crippen molar-refractivity contribution in [2.45, 2.75) is 13.8 Å². The topological polar surface area (TPSA) is 75.9 Å². The molecule has 0 aliphatic heterocycles. The molecule has 0 fully saturated rings. The van der Waals surface area contributed by atoms with Gasteiger partial charge in [0, 0.05) is 13.0 Å². The number of nitrogens with zero attached hydrogens (tertiary/aromatic N) is 3. The number of carbonyl (C=O) groups excluding carboxylic acids is 1. The lowest BCUT2D eigenvalue weighted by atomic mass is 10.2. The first-order chi connectivity index (χ1) is 6.69. The third kappa shape index (κ3) is 2.04. The van der Waals surface area contributed by atoms with Crippen LogP contribution in [0.3, 0.4) is 0 Å². The molecule has 14 heavy (non-hydrogen) atoms. The molecule has 0 saturated heterocycles. The van der Waals surface area contributed by atoms with Crippen LogP contribution in [0.5, 0.6) is 5.75 Å². The van der Waals surface area contributed by atoms with Gasteiger partial charge in [-0.1, -0.05) is 0 Å². The zero-order valence-corrected chi connectivity index (χ0v) is 7.94. The number of Topliss-reactive ketones (excluding diaryl/α,β-unsaturated/α-hetero) is 1. The molecule has 5 heteroatoms. The molecule has 0 N–H and O–H groups in total. The van der Waals surface area contributed by atoms with Crippen molar-refractivity contribution in [1.29, 1.82) is 5.26 Å². The van der Waals surface area contributed by atoms with Crippen LogP contribution in [0.1, 0.15) is 30.0 Å². The number of ether oxygens (including phenoxy) is 1. The Bertz CT molecular complexity index is 396. The monoisotopic (exact) mass is 191 g/mol. The Morgan fingerprint density at radius 3 is 2.86 bits per heavy atom. The smallest absolute Gasteiger partial charge is 0.204 e. The van der Waals surface area contributed by atoms with Gasteiger partial charge in [0.2, 0.25) is 5.69 Å². The fourth-order valence-corrected chi connectivity index (χ4v) is 0.890. The fourth-order valence-electron chi connectivity index (χ4n) is 0.890. The number of rotatable bonds is 3. The van der Waals surface area contributed by atoms with Crippen molar-refractivity contribution in [3.63, 3.8) is 0 Å². The average Bonchev–Trinajstić information content (AvgIpc) is 2.18. The molecule has 0 atom stereocenters. The van der Waals surface area contributed by atoms with Crippen LogP contribution in [-0.4, -0.2) is 22.6 Å². The Hall–Kier alpha value is -1.96. The molecule has 0 aliphatic rings. The van der Waals surface area contributed by atoms with Gasteiger partial charge in [-0.25, -0.2) is 0 Å². The number of ketones is 1. The highest BCUT2D eigenvalue weighted by Gasteiger charge is 2.09. The number of hydrogen-bond acceptors (Lipinski definition) is 5. The predicted molar refractivity (Wildman–Crippen MR) is 47.9 cm³/mol. The van der Waals surface area contributed by atoms with Gasteiger partial charge in [0.1, 0.15) is 11.8 Å². The van der Waals surface area contributed by atoms with Gasteiger partial charge in [0.25, 0.3) is 0 Å². The van der Waals surface area contributed by atoms with Gasteiger partial charge in [0.05, 0.1) is 6.61 Å². The van der Waals surface area contributed by atoms with E-state index in [1.54, 1.807) is 6.92 Å². The first-order valence-corrected chi connectivity index (χ1v) is 4.10. The van der Waals surface area contributed by atoms with Gasteiger partial charge in [-0.15, -0.1) is 10.2 Å². The van der Waals surface area contributed by atoms with E-state index in [4.69, 9.17) is 10.00 Å². The van der Waals surface area contributed by atoms with Gasteiger partial charge < -0.3 is 4.74 Å². The Morgan fingerprint density at radius 1 is 1.64 bits per heavy atom. The summed E-state index contributed by atoms with van der Waals surface area (Å²) in [5.41, 5.74) is 0.296. The summed E-state index contributed by atoms with van der Waals surface area (Å²) in [5.74, 6) is 0.0955. The molecule has 1 aromatic heterocycles. The lowest BCUT2D eigenvalue weighted by molar-refractivity contribution is 0.101. The highest BCUT2D eigenvalue weighted by Crippen LogP contribution is 2.15. The Morgan fingerprint density at radius 2 is 2.36 bits per heavy atom. The van der Waals surface area contributed by atoms with Crippen molar-refractivity contribution in [2.75, 3.05) is 6.61 Å². The summed E-state index contributed by atoms with van der Waals surface area (Å²) in [6.07, 6.45) is 0. The van der Waals surface area contributed by atoms with E-state index in [1.165, 1.54) is 13.0 Å². The molecule has 0 saturated carbocycles. The van der Waals surface area contributed by atoms with Crippen LogP contribution in [0, 0.1) is 11.3 Å². The molecule has 0 aromatic carbocycles. The molecule has 0 spiro atoms. The van der Waals surface area contributed by atoms with Crippen LogP contribution in [-0.2, 0) is 0 Å². The molecular formula is C9H9N3O2. The minimum absolute atomic E-state index is 0.0943. The van der Waals surface area contributed by atoms with E-state index in [-0.39, 0.29) is 17.2 Å². The molecule has 72 valence electrons. The molecule has 0 aliphatic carbocycles. The zero-order valence-electron chi connectivity index (χ0n) is 7.94. The SMILES string of the molecule is CCOc1cc(C(C)=O)nnc1C#N. The molecule has 0 radical (unpaired) electrons. The predicted octanol–water partition coefficient (Wildman–Crippen LogP) is 0.950. The summed E-state index contributed by atoms with van der Waals surface area (Å²) in [6, 6.07) is 3.26. The minimum atomic E-state index is -0.206. The Kier molecular flexibility index (Phi) is 3.13. The van der Waals surface area contributed by atoms with Crippen molar-refractivity contribution in [1.82, 2.24) is 10.2 Å². The summed E-state index contributed by atoms with van der Waals surface area (Å²) in [6.45, 7) is 3.58. The van der Waals surface area contributed by atoms with E-state index in [0.29, 0.717) is 12.4 Å². The molecule has 0 unspecified atom stereocenters. The van der Waals surface area contributed by atoms with E-state index in [2.05, 4.69) is 10.2 Å². The number of hydrogen-bond donors (Lipinski definition) is 0. The lowest BCUT2D eigenvalue weighted by Gasteiger charge is -2.03. The first kappa shape index (κ1) is 10.1. The van der Waals surface area contributed by atoms with Crippen LogP contribution < -0.4 is 4.74 Å². The third-order valence-corrected chi connectivity index (χ3v) is 1.53. The molecule has 5 nitrogen and oxygen atoms in total. The molecule has 1 heterocycles. The van der Waals surface area contributed by atoms with E-state index in [1.807, 2.05) is 6.07 Å². The maximum Gasteiger partial charge on any atom is 0.204 e. The molecular weight excluding hydrogens is 182 g/mol. The number of nitriles is 1.